The van der Waals surface area contributed by atoms with Gasteiger partial charge in [-0.25, -0.2) is 9.59 Å². The zero-order valence-corrected chi connectivity index (χ0v) is 10.5. The molecule has 0 aliphatic carbocycles. The number of carbonyl (C=O) groups is 2. The minimum absolute atomic E-state index is 0.0147. The third-order valence-electron chi connectivity index (χ3n) is 2.29. The maximum atomic E-state index is 11.3. The number of aliphatic carboxylic acids is 1. The molecule has 0 saturated carbocycles. The number of rotatable bonds is 6. The van der Waals surface area contributed by atoms with E-state index in [0.29, 0.717) is 11.3 Å². The van der Waals surface area contributed by atoms with E-state index >= 15 is 0 Å². The first-order chi connectivity index (χ1) is 9.08. The number of carboxylic acid groups (broad SMARTS) is 1. The average Bonchev–Trinajstić information content (AvgIpc) is 2.42. The van der Waals surface area contributed by atoms with Gasteiger partial charge in [0.1, 0.15) is 12.4 Å². The number of methoxy groups -OCH3 is 1. The standard InChI is InChI=1S/C13H15NO5/c1-3-8-19-13(17)14-11(12(15)16)9-4-6-10(18-2)7-5-9/h3-7,11H,1,8H2,2H3,(H,14,17)(H,15,16)/t11-/m1/s1. The normalized spacial score (nSPS) is 11.2. The number of hydrogen-bond donors (Lipinski definition) is 2. The van der Waals surface area contributed by atoms with Crippen LogP contribution in [0.1, 0.15) is 11.6 Å². The second-order valence-corrected chi connectivity index (χ2v) is 3.58. The van der Waals surface area contributed by atoms with Crippen LogP contribution in [0.3, 0.4) is 0 Å². The zero-order valence-electron chi connectivity index (χ0n) is 10.5. The van der Waals surface area contributed by atoms with Crippen LogP contribution in [0.25, 0.3) is 0 Å². The number of hydrogen-bond acceptors (Lipinski definition) is 4. The summed E-state index contributed by atoms with van der Waals surface area (Å²) < 4.78 is 9.66. The number of carbonyl (C=O) groups excluding carboxylic acids is 1. The Bertz CT molecular complexity index is 455. The first-order valence-corrected chi connectivity index (χ1v) is 5.49. The minimum Gasteiger partial charge on any atom is -0.497 e. The van der Waals surface area contributed by atoms with Gasteiger partial charge in [-0.1, -0.05) is 24.8 Å². The average molecular weight is 265 g/mol. The van der Waals surface area contributed by atoms with E-state index in [0.717, 1.165) is 0 Å². The van der Waals surface area contributed by atoms with Crippen LogP contribution in [0.5, 0.6) is 5.75 Å². The highest BCUT2D eigenvalue weighted by Crippen LogP contribution is 2.18. The molecule has 0 heterocycles. The highest BCUT2D eigenvalue weighted by Gasteiger charge is 2.22. The van der Waals surface area contributed by atoms with Crippen molar-refractivity contribution in [2.45, 2.75) is 6.04 Å². The SMILES string of the molecule is C=CCOC(=O)N[C@@H](C(=O)O)c1ccc(OC)cc1. The van der Waals surface area contributed by atoms with Crippen molar-refractivity contribution >= 4 is 12.1 Å². The quantitative estimate of drug-likeness (QED) is 0.765. The van der Waals surface area contributed by atoms with Crippen molar-refractivity contribution in [2.75, 3.05) is 13.7 Å². The van der Waals surface area contributed by atoms with Crippen molar-refractivity contribution in [3.05, 3.63) is 42.5 Å². The lowest BCUT2D eigenvalue weighted by Crippen LogP contribution is -2.34. The Morgan fingerprint density at radius 1 is 1.42 bits per heavy atom. The largest absolute Gasteiger partial charge is 0.497 e. The lowest BCUT2D eigenvalue weighted by Gasteiger charge is -2.14. The molecule has 6 nitrogen and oxygen atoms in total. The molecule has 1 rings (SSSR count). The summed E-state index contributed by atoms with van der Waals surface area (Å²) >= 11 is 0. The fourth-order valence-electron chi connectivity index (χ4n) is 1.38. The van der Waals surface area contributed by atoms with Crippen molar-refractivity contribution in [1.29, 1.82) is 0 Å². The van der Waals surface area contributed by atoms with E-state index in [4.69, 9.17) is 9.84 Å². The monoisotopic (exact) mass is 265 g/mol. The first kappa shape index (κ1) is 14.6. The van der Waals surface area contributed by atoms with Gasteiger partial charge in [0.25, 0.3) is 0 Å². The molecule has 1 aromatic carbocycles. The van der Waals surface area contributed by atoms with Crippen LogP contribution in [0.15, 0.2) is 36.9 Å². The van der Waals surface area contributed by atoms with Crippen LogP contribution in [0.2, 0.25) is 0 Å². The minimum atomic E-state index is -1.18. The predicted molar refractivity (Wildman–Crippen MR) is 68.1 cm³/mol. The number of nitrogens with one attached hydrogen (secondary N) is 1. The summed E-state index contributed by atoms with van der Waals surface area (Å²) in [6.45, 7) is 3.40. The molecule has 1 amide bonds. The molecular formula is C13H15NO5. The Morgan fingerprint density at radius 2 is 2.05 bits per heavy atom. The number of ether oxygens (including phenoxy) is 2. The maximum Gasteiger partial charge on any atom is 0.408 e. The van der Waals surface area contributed by atoms with Crippen molar-refractivity contribution < 1.29 is 24.2 Å². The van der Waals surface area contributed by atoms with Crippen LogP contribution in [0, 0.1) is 0 Å². The van der Waals surface area contributed by atoms with Crippen molar-refractivity contribution in [1.82, 2.24) is 5.32 Å². The van der Waals surface area contributed by atoms with E-state index in [-0.39, 0.29) is 6.61 Å². The van der Waals surface area contributed by atoms with Gasteiger partial charge in [0.15, 0.2) is 6.04 Å². The highest BCUT2D eigenvalue weighted by atomic mass is 16.5. The Morgan fingerprint density at radius 3 is 2.53 bits per heavy atom. The van der Waals surface area contributed by atoms with Gasteiger partial charge in [-0.3, -0.25) is 0 Å². The summed E-state index contributed by atoms with van der Waals surface area (Å²) in [5, 5.41) is 11.4. The van der Waals surface area contributed by atoms with Crippen LogP contribution in [0.4, 0.5) is 4.79 Å². The second-order valence-electron chi connectivity index (χ2n) is 3.58. The second kappa shape index (κ2) is 7.05. The van der Waals surface area contributed by atoms with Crippen LogP contribution in [-0.2, 0) is 9.53 Å². The summed E-state index contributed by atoms with van der Waals surface area (Å²) in [6.07, 6.45) is 0.575. The molecule has 0 aliphatic rings. The van der Waals surface area contributed by atoms with Gasteiger partial charge in [-0.15, -0.1) is 0 Å². The lowest BCUT2D eigenvalue weighted by molar-refractivity contribution is -0.139. The molecule has 0 radical (unpaired) electrons. The molecule has 0 aliphatic heterocycles. The van der Waals surface area contributed by atoms with Crippen LogP contribution < -0.4 is 10.1 Å². The van der Waals surface area contributed by atoms with E-state index in [1.54, 1.807) is 24.3 Å². The van der Waals surface area contributed by atoms with Gasteiger partial charge in [0.05, 0.1) is 7.11 Å². The summed E-state index contributed by atoms with van der Waals surface area (Å²) in [4.78, 5) is 22.5. The van der Waals surface area contributed by atoms with Gasteiger partial charge >= 0.3 is 12.1 Å². The van der Waals surface area contributed by atoms with Crippen molar-refractivity contribution in [3.63, 3.8) is 0 Å². The third-order valence-corrected chi connectivity index (χ3v) is 2.29. The van der Waals surface area contributed by atoms with E-state index in [2.05, 4.69) is 16.6 Å². The number of benzene rings is 1. The van der Waals surface area contributed by atoms with E-state index in [1.165, 1.54) is 13.2 Å². The molecule has 0 aromatic heterocycles. The van der Waals surface area contributed by atoms with Crippen molar-refractivity contribution in [3.8, 4) is 5.75 Å². The predicted octanol–water partition coefficient (Wildman–Crippen LogP) is 1.73. The van der Waals surface area contributed by atoms with Crippen molar-refractivity contribution in [2.24, 2.45) is 0 Å². The number of amides is 1. The molecule has 0 saturated heterocycles. The molecule has 2 N–H and O–H groups in total. The van der Waals surface area contributed by atoms with Gasteiger partial charge < -0.3 is 19.9 Å². The van der Waals surface area contributed by atoms with Crippen LogP contribution >= 0.6 is 0 Å². The van der Waals surface area contributed by atoms with Gasteiger partial charge in [0, 0.05) is 0 Å². The molecule has 1 aromatic rings. The van der Waals surface area contributed by atoms with E-state index in [9.17, 15) is 9.59 Å². The molecule has 0 spiro atoms. The third kappa shape index (κ3) is 4.34. The highest BCUT2D eigenvalue weighted by molar-refractivity contribution is 5.81. The van der Waals surface area contributed by atoms with Gasteiger partial charge in [-0.05, 0) is 17.7 Å². The molecular weight excluding hydrogens is 250 g/mol. The lowest BCUT2D eigenvalue weighted by atomic mass is 10.1. The molecule has 1 atom stereocenters. The molecule has 0 fully saturated rings. The summed E-state index contributed by atoms with van der Waals surface area (Å²) in [6, 6.07) is 5.17. The van der Waals surface area contributed by atoms with E-state index < -0.39 is 18.1 Å². The van der Waals surface area contributed by atoms with Gasteiger partial charge in [0.2, 0.25) is 0 Å². The Hall–Kier alpha value is -2.50. The summed E-state index contributed by atoms with van der Waals surface area (Å²) in [5.41, 5.74) is 0.420. The molecule has 19 heavy (non-hydrogen) atoms. The number of alkyl carbamates (subject to hydrolysis) is 1. The zero-order chi connectivity index (χ0) is 14.3. The molecule has 6 heteroatoms. The molecule has 102 valence electrons. The Balaban J connectivity index is 2.78. The Labute approximate surface area is 110 Å². The smallest absolute Gasteiger partial charge is 0.408 e. The summed E-state index contributed by atoms with van der Waals surface area (Å²) in [5.74, 6) is -0.581. The van der Waals surface area contributed by atoms with Crippen LogP contribution in [-0.4, -0.2) is 30.9 Å². The fraction of sp³-hybridized carbons (Fsp3) is 0.231. The fourth-order valence-corrected chi connectivity index (χ4v) is 1.38. The summed E-state index contributed by atoms with van der Waals surface area (Å²) in [7, 11) is 1.51. The van der Waals surface area contributed by atoms with E-state index in [1.807, 2.05) is 0 Å². The Kier molecular flexibility index (Phi) is 5.40. The molecule has 0 unspecified atom stereocenters. The van der Waals surface area contributed by atoms with Gasteiger partial charge in [-0.2, -0.15) is 0 Å². The first-order valence-electron chi connectivity index (χ1n) is 5.49. The molecule has 0 bridgehead atoms. The maximum absolute atomic E-state index is 11.3. The topological polar surface area (TPSA) is 84.9 Å². The number of carboxylic acids is 1.